The van der Waals surface area contributed by atoms with Gasteiger partial charge in [-0.1, -0.05) is 0 Å². The number of pyridine rings is 1. The summed E-state index contributed by atoms with van der Waals surface area (Å²) in [5.41, 5.74) is 3.40. The monoisotopic (exact) mass is 295 g/mol. The molecule has 3 aromatic heterocycles. The predicted molar refractivity (Wildman–Crippen MR) is 83.6 cm³/mol. The second kappa shape index (κ2) is 5.06. The molecular weight excluding hydrogens is 278 g/mol. The number of aromatic nitrogens is 4. The summed E-state index contributed by atoms with van der Waals surface area (Å²) < 4.78 is 3.51. The van der Waals surface area contributed by atoms with Crippen molar-refractivity contribution in [2.24, 2.45) is 7.05 Å². The molecule has 6 nitrogen and oxygen atoms in total. The summed E-state index contributed by atoms with van der Waals surface area (Å²) >= 11 is 0. The number of fused-ring (bicyclic) bond motifs is 1. The summed E-state index contributed by atoms with van der Waals surface area (Å²) in [5.74, 6) is 0. The van der Waals surface area contributed by atoms with Crippen LogP contribution in [0, 0.1) is 0 Å². The maximum absolute atomic E-state index is 12.4. The molecule has 1 unspecified atom stereocenters. The molecular formula is C16H17N5O. The Balaban J connectivity index is 1.90. The summed E-state index contributed by atoms with van der Waals surface area (Å²) in [7, 11) is 1.98. The third-order valence-electron chi connectivity index (χ3n) is 4.28. The molecule has 0 spiro atoms. The Labute approximate surface area is 127 Å². The average Bonchev–Trinajstić information content (AvgIpc) is 3.21. The maximum atomic E-state index is 12.4. The van der Waals surface area contributed by atoms with Gasteiger partial charge in [0, 0.05) is 48.9 Å². The number of hydrogen-bond acceptors (Lipinski definition) is 4. The molecule has 112 valence electrons. The summed E-state index contributed by atoms with van der Waals surface area (Å²) in [4.78, 5) is 16.5. The molecule has 4 heterocycles. The van der Waals surface area contributed by atoms with E-state index in [1.54, 1.807) is 18.5 Å². The zero-order valence-corrected chi connectivity index (χ0v) is 12.4. The van der Waals surface area contributed by atoms with E-state index in [4.69, 9.17) is 0 Å². The minimum absolute atomic E-state index is 0.0908. The SMILES string of the molecule is Cn1c(C2CCCN2)cc(=O)n2nc(-c3cccnc3)cc12. The average molecular weight is 295 g/mol. The third-order valence-corrected chi connectivity index (χ3v) is 4.28. The molecule has 4 rings (SSSR count). The Hall–Kier alpha value is -2.47. The quantitative estimate of drug-likeness (QED) is 0.778. The van der Waals surface area contributed by atoms with Gasteiger partial charge in [-0.05, 0) is 31.5 Å². The highest BCUT2D eigenvalue weighted by atomic mass is 16.1. The highest BCUT2D eigenvalue weighted by molar-refractivity contribution is 5.63. The second-order valence-corrected chi connectivity index (χ2v) is 5.66. The smallest absolute Gasteiger partial charge is 0.274 e. The fraction of sp³-hybridized carbons (Fsp3) is 0.312. The second-order valence-electron chi connectivity index (χ2n) is 5.66. The van der Waals surface area contributed by atoms with Crippen molar-refractivity contribution in [1.82, 2.24) is 24.5 Å². The number of rotatable bonds is 2. The zero-order valence-electron chi connectivity index (χ0n) is 12.4. The van der Waals surface area contributed by atoms with E-state index in [2.05, 4.69) is 20.0 Å². The van der Waals surface area contributed by atoms with E-state index < -0.39 is 0 Å². The summed E-state index contributed by atoms with van der Waals surface area (Å²) in [6.07, 6.45) is 5.69. The minimum Gasteiger partial charge on any atom is -0.331 e. The summed E-state index contributed by atoms with van der Waals surface area (Å²) in [6.45, 7) is 1.00. The van der Waals surface area contributed by atoms with E-state index >= 15 is 0 Å². The molecule has 6 heteroatoms. The Morgan fingerprint density at radius 2 is 2.27 bits per heavy atom. The van der Waals surface area contributed by atoms with E-state index in [1.165, 1.54) is 4.52 Å². The molecule has 1 fully saturated rings. The molecule has 0 bridgehead atoms. The van der Waals surface area contributed by atoms with Gasteiger partial charge in [0.1, 0.15) is 5.65 Å². The molecule has 1 aliphatic rings. The van der Waals surface area contributed by atoms with Crippen LogP contribution in [-0.2, 0) is 7.05 Å². The predicted octanol–water partition coefficient (Wildman–Crippen LogP) is 1.52. The van der Waals surface area contributed by atoms with Crippen molar-refractivity contribution in [3.05, 3.63) is 52.7 Å². The van der Waals surface area contributed by atoms with Crippen molar-refractivity contribution in [3.63, 3.8) is 0 Å². The molecule has 0 radical (unpaired) electrons. The Morgan fingerprint density at radius 3 is 3.00 bits per heavy atom. The lowest BCUT2D eigenvalue weighted by atomic mass is 10.1. The first-order valence-electron chi connectivity index (χ1n) is 7.47. The number of hydrogen-bond donors (Lipinski definition) is 1. The first-order chi connectivity index (χ1) is 10.7. The van der Waals surface area contributed by atoms with Crippen LogP contribution in [0.1, 0.15) is 24.6 Å². The van der Waals surface area contributed by atoms with Crippen LogP contribution in [0.2, 0.25) is 0 Å². The van der Waals surface area contributed by atoms with Gasteiger partial charge < -0.3 is 9.88 Å². The molecule has 1 atom stereocenters. The molecule has 1 saturated heterocycles. The maximum Gasteiger partial charge on any atom is 0.274 e. The summed E-state index contributed by atoms with van der Waals surface area (Å²) in [6, 6.07) is 7.69. The first kappa shape index (κ1) is 13.2. The highest BCUT2D eigenvalue weighted by Crippen LogP contribution is 2.24. The van der Waals surface area contributed by atoms with Gasteiger partial charge in [0.25, 0.3) is 5.56 Å². The van der Waals surface area contributed by atoms with Gasteiger partial charge in [0.05, 0.1) is 5.69 Å². The van der Waals surface area contributed by atoms with Crippen molar-refractivity contribution in [2.45, 2.75) is 18.9 Å². The Bertz CT molecular complexity index is 875. The Morgan fingerprint density at radius 1 is 1.36 bits per heavy atom. The van der Waals surface area contributed by atoms with E-state index in [0.717, 1.165) is 42.0 Å². The van der Waals surface area contributed by atoms with Crippen molar-refractivity contribution >= 4 is 5.65 Å². The van der Waals surface area contributed by atoms with Gasteiger partial charge in [-0.25, -0.2) is 0 Å². The lowest BCUT2D eigenvalue weighted by Crippen LogP contribution is -2.24. The molecule has 1 aliphatic heterocycles. The van der Waals surface area contributed by atoms with Gasteiger partial charge in [-0.3, -0.25) is 9.78 Å². The van der Waals surface area contributed by atoms with Crippen molar-refractivity contribution in [3.8, 4) is 11.3 Å². The van der Waals surface area contributed by atoms with Crippen LogP contribution in [0.3, 0.4) is 0 Å². The van der Waals surface area contributed by atoms with Gasteiger partial charge in [0.2, 0.25) is 0 Å². The van der Waals surface area contributed by atoms with Crippen molar-refractivity contribution in [1.29, 1.82) is 0 Å². The number of aryl methyl sites for hydroxylation is 1. The third kappa shape index (κ3) is 2.03. The van der Waals surface area contributed by atoms with Crippen LogP contribution >= 0.6 is 0 Å². The van der Waals surface area contributed by atoms with E-state index in [1.807, 2.05) is 25.2 Å². The topological polar surface area (TPSA) is 64.2 Å². The first-order valence-corrected chi connectivity index (χ1v) is 7.47. The highest BCUT2D eigenvalue weighted by Gasteiger charge is 2.21. The van der Waals surface area contributed by atoms with Crippen LogP contribution < -0.4 is 10.9 Å². The lowest BCUT2D eigenvalue weighted by Gasteiger charge is -2.16. The Kier molecular flexibility index (Phi) is 3.04. The molecule has 0 saturated carbocycles. The van der Waals surface area contributed by atoms with Gasteiger partial charge in [0.15, 0.2) is 0 Å². The van der Waals surface area contributed by atoms with Gasteiger partial charge in [-0.15, -0.1) is 0 Å². The lowest BCUT2D eigenvalue weighted by molar-refractivity contribution is 0.590. The van der Waals surface area contributed by atoms with Crippen molar-refractivity contribution in [2.75, 3.05) is 6.54 Å². The van der Waals surface area contributed by atoms with Crippen LogP contribution in [0.5, 0.6) is 0 Å². The normalized spacial score (nSPS) is 18.1. The summed E-state index contributed by atoms with van der Waals surface area (Å²) in [5, 5.41) is 7.88. The molecule has 0 amide bonds. The molecule has 0 aliphatic carbocycles. The van der Waals surface area contributed by atoms with Crippen LogP contribution in [-0.4, -0.2) is 25.7 Å². The van der Waals surface area contributed by atoms with E-state index in [-0.39, 0.29) is 11.6 Å². The van der Waals surface area contributed by atoms with Crippen LogP contribution in [0.4, 0.5) is 0 Å². The van der Waals surface area contributed by atoms with Crippen molar-refractivity contribution < 1.29 is 0 Å². The number of nitrogens with zero attached hydrogens (tertiary/aromatic N) is 4. The van der Waals surface area contributed by atoms with Gasteiger partial charge in [-0.2, -0.15) is 9.61 Å². The molecule has 3 aromatic rings. The van der Waals surface area contributed by atoms with Gasteiger partial charge >= 0.3 is 0 Å². The van der Waals surface area contributed by atoms with E-state index in [0.29, 0.717) is 0 Å². The fourth-order valence-electron chi connectivity index (χ4n) is 3.12. The van der Waals surface area contributed by atoms with Crippen LogP contribution in [0.25, 0.3) is 16.9 Å². The zero-order chi connectivity index (χ0) is 15.1. The largest absolute Gasteiger partial charge is 0.331 e. The molecule has 22 heavy (non-hydrogen) atoms. The number of nitrogens with one attached hydrogen (secondary N) is 1. The fourth-order valence-corrected chi connectivity index (χ4v) is 3.12. The minimum atomic E-state index is -0.0908. The van der Waals surface area contributed by atoms with Crippen LogP contribution in [0.15, 0.2) is 41.5 Å². The molecule has 1 N–H and O–H groups in total. The van der Waals surface area contributed by atoms with E-state index in [9.17, 15) is 4.79 Å². The molecule has 0 aromatic carbocycles. The standard InChI is InChI=1S/C16H17N5O/c1-20-14(12-5-3-7-18-12)9-16(22)21-15(20)8-13(19-21)11-4-2-6-17-10-11/h2,4,6,8-10,12,18H,3,5,7H2,1H3.